The Labute approximate surface area is 138 Å². The molecule has 1 aliphatic rings. The van der Waals surface area contributed by atoms with Crippen LogP contribution in [-0.4, -0.2) is 38.0 Å². The fourth-order valence-electron chi connectivity index (χ4n) is 2.19. The third-order valence-electron chi connectivity index (χ3n) is 3.54. The van der Waals surface area contributed by atoms with Crippen molar-refractivity contribution in [2.75, 3.05) is 30.6 Å². The molecule has 0 radical (unpaired) electrons. The molecule has 1 aromatic heterocycles. The summed E-state index contributed by atoms with van der Waals surface area (Å²) in [5, 5.41) is 0.344. The third kappa shape index (κ3) is 4.63. The van der Waals surface area contributed by atoms with Gasteiger partial charge in [0.1, 0.15) is 6.73 Å². The summed E-state index contributed by atoms with van der Waals surface area (Å²) in [6, 6.07) is 3.03. The Morgan fingerprint density at radius 2 is 2.14 bits per heavy atom. The van der Waals surface area contributed by atoms with E-state index in [0.717, 1.165) is 24.7 Å². The molecule has 0 saturated heterocycles. The van der Waals surface area contributed by atoms with Crippen molar-refractivity contribution in [1.82, 2.24) is 9.88 Å². The van der Waals surface area contributed by atoms with Crippen molar-refractivity contribution in [2.45, 2.75) is 32.6 Å². The highest BCUT2D eigenvalue weighted by Gasteiger charge is 2.20. The maximum absolute atomic E-state index is 5.88. The van der Waals surface area contributed by atoms with Gasteiger partial charge in [0.25, 0.3) is 0 Å². The van der Waals surface area contributed by atoms with E-state index in [1.807, 2.05) is 6.07 Å². The number of rotatable bonds is 6. The van der Waals surface area contributed by atoms with Gasteiger partial charge >= 0.3 is 0 Å². The summed E-state index contributed by atoms with van der Waals surface area (Å²) in [6.45, 7) is 11.3. The number of nitrogens with two attached hydrogens (primary N) is 1. The second-order valence-electron chi connectivity index (χ2n) is 6.85. The normalized spacial score (nSPS) is 15.4. The number of ether oxygens (including phenoxy) is 1. The molecular formula is C15H25ClN4OSi. The van der Waals surface area contributed by atoms with Crippen LogP contribution in [0, 0.1) is 0 Å². The van der Waals surface area contributed by atoms with Gasteiger partial charge in [-0.2, -0.15) is 0 Å². The molecule has 2 N–H and O–H groups in total. The number of halogens is 1. The lowest BCUT2D eigenvalue weighted by Gasteiger charge is -2.23. The lowest BCUT2D eigenvalue weighted by molar-refractivity contribution is 0.0671. The van der Waals surface area contributed by atoms with Crippen molar-refractivity contribution in [3.63, 3.8) is 0 Å². The Hall–Kier alpha value is -1.24. The van der Waals surface area contributed by atoms with Crippen molar-refractivity contribution in [3.05, 3.63) is 29.3 Å². The van der Waals surface area contributed by atoms with Gasteiger partial charge in [0.2, 0.25) is 0 Å². The summed E-state index contributed by atoms with van der Waals surface area (Å²) in [7, 11) is -1.03. The molecule has 5 nitrogen and oxygen atoms in total. The predicted molar refractivity (Wildman–Crippen MR) is 95.6 cm³/mol. The van der Waals surface area contributed by atoms with Gasteiger partial charge in [-0.05, 0) is 19.0 Å². The summed E-state index contributed by atoms with van der Waals surface area (Å²) in [5.41, 5.74) is 8.41. The van der Waals surface area contributed by atoms with Crippen molar-refractivity contribution < 1.29 is 4.74 Å². The molecule has 0 unspecified atom stereocenters. The van der Waals surface area contributed by atoms with Crippen LogP contribution in [-0.2, 0) is 4.74 Å². The molecule has 122 valence electrons. The highest BCUT2D eigenvalue weighted by atomic mass is 35.5. The summed E-state index contributed by atoms with van der Waals surface area (Å²) >= 11 is 5.88. The number of anilines is 2. The second-order valence-corrected chi connectivity index (χ2v) is 12.8. The maximum atomic E-state index is 5.88. The van der Waals surface area contributed by atoms with Gasteiger partial charge in [-0.15, -0.1) is 0 Å². The molecule has 0 spiro atoms. The van der Waals surface area contributed by atoms with E-state index in [4.69, 9.17) is 22.1 Å². The van der Waals surface area contributed by atoms with Crippen LogP contribution >= 0.6 is 11.6 Å². The molecule has 0 bridgehead atoms. The van der Waals surface area contributed by atoms with Crippen LogP contribution in [0.2, 0.25) is 30.8 Å². The molecule has 0 atom stereocenters. The van der Waals surface area contributed by atoms with E-state index in [1.165, 1.54) is 6.04 Å². The Morgan fingerprint density at radius 1 is 1.41 bits per heavy atom. The van der Waals surface area contributed by atoms with E-state index in [9.17, 15) is 0 Å². The van der Waals surface area contributed by atoms with Crippen LogP contribution in [0.15, 0.2) is 24.2 Å². The summed E-state index contributed by atoms with van der Waals surface area (Å²) in [5.74, 6) is 0. The maximum Gasteiger partial charge on any atom is 0.152 e. The van der Waals surface area contributed by atoms with Crippen LogP contribution in [0.4, 0.5) is 11.4 Å². The minimum Gasteiger partial charge on any atom is -0.396 e. The Morgan fingerprint density at radius 3 is 2.77 bits per heavy atom. The minimum absolute atomic E-state index is 0.344. The first-order valence-corrected chi connectivity index (χ1v) is 11.5. The number of hydrogen-bond donors (Lipinski definition) is 1. The highest BCUT2D eigenvalue weighted by Crippen LogP contribution is 2.27. The molecule has 7 heteroatoms. The number of aromatic nitrogens is 1. The highest BCUT2D eigenvalue weighted by molar-refractivity contribution is 6.76. The molecule has 1 aromatic rings. The summed E-state index contributed by atoms with van der Waals surface area (Å²) < 4.78 is 5.80. The zero-order valence-electron chi connectivity index (χ0n) is 13.8. The molecule has 0 aromatic carbocycles. The van der Waals surface area contributed by atoms with E-state index in [-0.39, 0.29) is 0 Å². The van der Waals surface area contributed by atoms with E-state index in [1.54, 1.807) is 6.20 Å². The number of hydrogen-bond acceptors (Lipinski definition) is 5. The van der Waals surface area contributed by atoms with Crippen LogP contribution in [0.3, 0.4) is 0 Å². The van der Waals surface area contributed by atoms with Gasteiger partial charge < -0.3 is 20.3 Å². The fraction of sp³-hybridized carbons (Fsp3) is 0.533. The first-order valence-electron chi connectivity index (χ1n) is 7.45. The number of nitrogens with zero attached hydrogens (tertiary/aromatic N) is 3. The van der Waals surface area contributed by atoms with Crippen molar-refractivity contribution >= 4 is 31.0 Å². The Kier molecular flexibility index (Phi) is 5.36. The van der Waals surface area contributed by atoms with Crippen LogP contribution in [0.1, 0.15) is 6.92 Å². The lowest BCUT2D eigenvalue weighted by atomic mass is 10.3. The van der Waals surface area contributed by atoms with Crippen LogP contribution in [0.5, 0.6) is 0 Å². The number of allylic oxidation sites excluding steroid dienone is 1. The van der Waals surface area contributed by atoms with Crippen molar-refractivity contribution in [3.8, 4) is 0 Å². The van der Waals surface area contributed by atoms with Gasteiger partial charge in [-0.25, -0.2) is 4.98 Å². The van der Waals surface area contributed by atoms with E-state index < -0.39 is 8.07 Å². The molecule has 0 amide bonds. The second kappa shape index (κ2) is 6.89. The van der Waals surface area contributed by atoms with Gasteiger partial charge in [0, 0.05) is 26.6 Å². The first-order chi connectivity index (χ1) is 10.3. The lowest BCUT2D eigenvalue weighted by Crippen LogP contribution is -2.29. The first kappa shape index (κ1) is 17.1. The molecule has 1 aliphatic heterocycles. The molecule has 0 aliphatic carbocycles. The number of nitrogen functional groups attached to an aromatic ring is 1. The van der Waals surface area contributed by atoms with Gasteiger partial charge in [0.05, 0.1) is 24.2 Å². The van der Waals surface area contributed by atoms with Crippen LogP contribution in [0.25, 0.3) is 0 Å². The smallest absolute Gasteiger partial charge is 0.152 e. The van der Waals surface area contributed by atoms with Gasteiger partial charge in [0.15, 0.2) is 5.15 Å². The third-order valence-corrected chi connectivity index (χ3v) is 5.56. The molecular weight excluding hydrogens is 316 g/mol. The molecule has 2 heterocycles. The zero-order valence-corrected chi connectivity index (χ0v) is 15.5. The monoisotopic (exact) mass is 340 g/mol. The number of pyridine rings is 1. The van der Waals surface area contributed by atoms with Gasteiger partial charge in [-0.1, -0.05) is 31.2 Å². The minimum atomic E-state index is -1.03. The summed E-state index contributed by atoms with van der Waals surface area (Å²) in [6.07, 6.45) is 3.84. The molecule has 0 saturated carbocycles. The summed E-state index contributed by atoms with van der Waals surface area (Å²) in [4.78, 5) is 8.40. The van der Waals surface area contributed by atoms with Gasteiger partial charge in [-0.3, -0.25) is 0 Å². The molecule has 2 rings (SSSR count). The fourth-order valence-corrected chi connectivity index (χ4v) is 3.05. The average molecular weight is 341 g/mol. The molecule has 0 fully saturated rings. The quantitative estimate of drug-likeness (QED) is 0.487. The van der Waals surface area contributed by atoms with E-state index in [0.29, 0.717) is 17.6 Å². The van der Waals surface area contributed by atoms with E-state index >= 15 is 0 Å². The van der Waals surface area contributed by atoms with Crippen LogP contribution < -0.4 is 10.6 Å². The average Bonchev–Trinajstić information content (AvgIpc) is 2.78. The topological polar surface area (TPSA) is 54.6 Å². The standard InChI is InChI=1S/C15H25ClN4OSi/c1-12-9-19(11-21-5-6-22(2,3)4)10-20(12)13-7-14(17)15(16)18-8-13/h7-9H,5-6,10-11,17H2,1-4H3. The molecule has 22 heavy (non-hydrogen) atoms. The predicted octanol–water partition coefficient (Wildman–Crippen LogP) is 3.57. The zero-order chi connectivity index (χ0) is 16.3. The Bertz CT molecular complexity index is 559. The SMILES string of the molecule is CC1=CN(COCC[Si](C)(C)C)CN1c1cnc(Cl)c(N)c1. The van der Waals surface area contributed by atoms with E-state index in [2.05, 4.69) is 47.5 Å². The van der Waals surface area contributed by atoms with Crippen molar-refractivity contribution in [1.29, 1.82) is 0 Å². The largest absolute Gasteiger partial charge is 0.396 e. The Balaban J connectivity index is 1.88. The van der Waals surface area contributed by atoms with Crippen molar-refractivity contribution in [2.24, 2.45) is 0 Å².